The molecule has 0 saturated carbocycles. The van der Waals surface area contributed by atoms with E-state index in [0.717, 1.165) is 11.8 Å². The zero-order valence-corrected chi connectivity index (χ0v) is 13.3. The predicted octanol–water partition coefficient (Wildman–Crippen LogP) is 2.89. The summed E-state index contributed by atoms with van der Waals surface area (Å²) in [5.41, 5.74) is 0.346. The van der Waals surface area contributed by atoms with Gasteiger partial charge in [0.2, 0.25) is 0 Å². The average Bonchev–Trinajstić information content (AvgIpc) is 2.54. The molecule has 0 radical (unpaired) electrons. The number of rotatable bonds is 6. The van der Waals surface area contributed by atoms with Gasteiger partial charge in [0.05, 0.1) is 16.9 Å². The van der Waals surface area contributed by atoms with Gasteiger partial charge in [-0.15, -0.1) is 0 Å². The van der Waals surface area contributed by atoms with E-state index in [0.29, 0.717) is 10.5 Å². The summed E-state index contributed by atoms with van der Waals surface area (Å²) in [6.07, 6.45) is 1.36. The zero-order valence-electron chi connectivity index (χ0n) is 12.5. The van der Waals surface area contributed by atoms with Crippen LogP contribution in [0.2, 0.25) is 0 Å². The number of benzene rings is 2. The van der Waals surface area contributed by atoms with Crippen LogP contribution in [0.1, 0.15) is 5.56 Å². The summed E-state index contributed by atoms with van der Waals surface area (Å²) in [5.74, 6) is -1.34. The molecule has 8 heteroatoms. The fourth-order valence-electron chi connectivity index (χ4n) is 1.83. The molecule has 0 aliphatic carbocycles. The minimum absolute atomic E-state index is 0.0200. The molecule has 24 heavy (non-hydrogen) atoms. The highest BCUT2D eigenvalue weighted by molar-refractivity contribution is 8.04. The average molecular weight is 346 g/mol. The lowest BCUT2D eigenvalue weighted by Crippen LogP contribution is -1.98. The molecule has 0 saturated heterocycles. The number of methoxy groups -OCH3 is 1. The van der Waals surface area contributed by atoms with Crippen LogP contribution in [-0.2, 0) is 4.79 Å². The molecule has 7 nitrogen and oxygen atoms in total. The number of carboxylic acids is 1. The Morgan fingerprint density at radius 2 is 1.92 bits per heavy atom. The maximum atomic E-state index is 11.7. The van der Waals surface area contributed by atoms with E-state index in [1.54, 1.807) is 6.07 Å². The van der Waals surface area contributed by atoms with Gasteiger partial charge >= 0.3 is 5.97 Å². The van der Waals surface area contributed by atoms with Gasteiger partial charge in [0.25, 0.3) is 5.69 Å². The molecule has 0 aliphatic heterocycles. The van der Waals surface area contributed by atoms with Gasteiger partial charge in [-0.05, 0) is 29.8 Å². The van der Waals surface area contributed by atoms with Crippen LogP contribution in [0.15, 0.2) is 52.3 Å². The number of non-ortho nitro benzene ring substituents is 1. The van der Waals surface area contributed by atoms with E-state index in [2.05, 4.69) is 0 Å². The molecule has 0 bridgehead atoms. The third-order valence-corrected chi connectivity index (χ3v) is 3.99. The van der Waals surface area contributed by atoms with Gasteiger partial charge in [0, 0.05) is 17.0 Å². The van der Waals surface area contributed by atoms with E-state index in [9.17, 15) is 25.1 Å². The van der Waals surface area contributed by atoms with Crippen LogP contribution in [0, 0.1) is 10.1 Å². The van der Waals surface area contributed by atoms with Crippen LogP contribution in [-0.4, -0.2) is 23.1 Å². The number of hydrogen-bond donors (Lipinski definition) is 1. The molecule has 0 aliphatic rings. The van der Waals surface area contributed by atoms with E-state index >= 15 is 0 Å². The molecular weight excluding hydrogens is 334 g/mol. The van der Waals surface area contributed by atoms with Crippen molar-refractivity contribution < 1.29 is 24.7 Å². The first-order valence-electron chi connectivity index (χ1n) is 6.63. The normalized spacial score (nSPS) is 11.1. The summed E-state index contributed by atoms with van der Waals surface area (Å²) >= 11 is 0.934. The summed E-state index contributed by atoms with van der Waals surface area (Å²) in [4.78, 5) is 22.0. The number of carbonyl (C=O) groups is 1. The number of ether oxygens (including phenoxy) is 1. The minimum atomic E-state index is -1.17. The van der Waals surface area contributed by atoms with Crippen molar-refractivity contribution in [2.45, 2.75) is 4.90 Å². The second-order valence-electron chi connectivity index (χ2n) is 4.58. The number of thioether (sulfide) groups is 1. The highest BCUT2D eigenvalue weighted by atomic mass is 32.2. The topological polar surface area (TPSA) is 113 Å². The summed E-state index contributed by atoms with van der Waals surface area (Å²) in [6.45, 7) is 0. The van der Waals surface area contributed by atoms with Crippen LogP contribution in [0.3, 0.4) is 0 Å². The van der Waals surface area contributed by atoms with E-state index in [4.69, 9.17) is 4.74 Å². The van der Waals surface area contributed by atoms with Gasteiger partial charge in [0.15, 0.2) is 0 Å². The van der Waals surface area contributed by atoms with Gasteiger partial charge < -0.3 is 14.9 Å². The monoisotopic (exact) mass is 346 g/mol. The molecule has 1 N–H and O–H groups in total. The molecule has 2 aromatic carbocycles. The molecule has 0 fully saturated rings. The molecule has 2 rings (SSSR count). The van der Waals surface area contributed by atoms with Crippen LogP contribution >= 0.6 is 11.8 Å². The Hall–Kier alpha value is -3.00. The molecule has 0 unspecified atom stereocenters. The summed E-state index contributed by atoms with van der Waals surface area (Å²) < 4.78 is 4.87. The SMILES string of the molecule is COc1ccc(/C=C(/Sc2ccc([N+](=O)[O-])cc2)C(=O)O)cc1[O-]. The molecule has 0 heterocycles. The first kappa shape index (κ1) is 17.4. The lowest BCUT2D eigenvalue weighted by Gasteiger charge is -2.12. The summed E-state index contributed by atoms with van der Waals surface area (Å²) in [7, 11) is 1.37. The van der Waals surface area contributed by atoms with Gasteiger partial charge in [-0.3, -0.25) is 10.1 Å². The minimum Gasteiger partial charge on any atom is -0.870 e. The Morgan fingerprint density at radius 1 is 1.25 bits per heavy atom. The number of hydrogen-bond acceptors (Lipinski definition) is 6. The number of carboxylic acid groups (broad SMARTS) is 1. The third kappa shape index (κ3) is 4.26. The van der Waals surface area contributed by atoms with Crippen molar-refractivity contribution in [2.24, 2.45) is 0 Å². The highest BCUT2D eigenvalue weighted by Crippen LogP contribution is 2.31. The second kappa shape index (κ2) is 7.51. The fourth-order valence-corrected chi connectivity index (χ4v) is 2.64. The Kier molecular flexibility index (Phi) is 5.43. The van der Waals surface area contributed by atoms with Crippen molar-refractivity contribution in [3.05, 3.63) is 63.0 Å². The van der Waals surface area contributed by atoms with Gasteiger partial charge in [-0.2, -0.15) is 0 Å². The Morgan fingerprint density at radius 3 is 2.42 bits per heavy atom. The van der Waals surface area contributed by atoms with E-state index < -0.39 is 10.9 Å². The van der Waals surface area contributed by atoms with Crippen LogP contribution < -0.4 is 9.84 Å². The molecule has 0 spiro atoms. The predicted molar refractivity (Wildman–Crippen MR) is 87.0 cm³/mol. The van der Waals surface area contributed by atoms with Gasteiger partial charge in [-0.1, -0.05) is 29.6 Å². The summed E-state index contributed by atoms with van der Waals surface area (Å²) in [5, 5.41) is 31.6. The van der Waals surface area contributed by atoms with Crippen molar-refractivity contribution in [3.8, 4) is 11.5 Å². The fraction of sp³-hybridized carbons (Fsp3) is 0.0625. The first-order chi connectivity index (χ1) is 11.4. The second-order valence-corrected chi connectivity index (χ2v) is 5.69. The molecule has 0 amide bonds. The summed E-state index contributed by atoms with van der Waals surface area (Å²) in [6, 6.07) is 9.83. The van der Waals surface area contributed by atoms with Gasteiger partial charge in [-0.25, -0.2) is 4.79 Å². The lowest BCUT2D eigenvalue weighted by atomic mass is 10.2. The number of nitro benzene ring substituents is 1. The van der Waals surface area contributed by atoms with Crippen molar-refractivity contribution in [2.75, 3.05) is 7.11 Å². The van der Waals surface area contributed by atoms with Crippen molar-refractivity contribution in [1.29, 1.82) is 0 Å². The first-order valence-corrected chi connectivity index (χ1v) is 7.44. The number of aliphatic carboxylic acids is 1. The van der Waals surface area contributed by atoms with E-state index in [-0.39, 0.29) is 22.1 Å². The standard InChI is InChI=1S/C16H13NO6S/c1-23-14-7-2-10(8-13(14)18)9-15(16(19)20)24-12-5-3-11(4-6-12)17(21)22/h2-9,18H,1H3,(H,19,20)/p-1/b15-9+. The lowest BCUT2D eigenvalue weighted by molar-refractivity contribution is -0.384. The van der Waals surface area contributed by atoms with E-state index in [1.165, 1.54) is 49.6 Å². The molecule has 2 aromatic rings. The van der Waals surface area contributed by atoms with Crippen molar-refractivity contribution in [1.82, 2.24) is 0 Å². The smallest absolute Gasteiger partial charge is 0.342 e. The highest BCUT2D eigenvalue weighted by Gasteiger charge is 2.11. The Labute approximate surface area is 141 Å². The molecule has 124 valence electrons. The Bertz CT molecular complexity index is 801. The molecule has 0 aromatic heterocycles. The van der Waals surface area contributed by atoms with Crippen molar-refractivity contribution in [3.63, 3.8) is 0 Å². The molecule has 0 atom stereocenters. The quantitative estimate of drug-likeness (QED) is 0.370. The zero-order chi connectivity index (χ0) is 17.7. The van der Waals surface area contributed by atoms with Crippen LogP contribution in [0.5, 0.6) is 11.5 Å². The Balaban J connectivity index is 2.27. The largest absolute Gasteiger partial charge is 0.870 e. The maximum Gasteiger partial charge on any atom is 0.342 e. The van der Waals surface area contributed by atoms with Crippen LogP contribution in [0.25, 0.3) is 6.08 Å². The van der Waals surface area contributed by atoms with Crippen molar-refractivity contribution >= 4 is 29.5 Å². The third-order valence-electron chi connectivity index (χ3n) is 2.97. The molecular formula is C16H12NO6S-. The number of nitro groups is 1. The van der Waals surface area contributed by atoms with E-state index in [1.807, 2.05) is 0 Å². The maximum absolute atomic E-state index is 11.7. The van der Waals surface area contributed by atoms with Gasteiger partial charge in [0.1, 0.15) is 5.75 Å². The van der Waals surface area contributed by atoms with Crippen LogP contribution in [0.4, 0.5) is 5.69 Å². The number of nitrogens with zero attached hydrogens (tertiary/aromatic N) is 1.